The molecule has 0 aromatic heterocycles. The lowest BCUT2D eigenvalue weighted by Gasteiger charge is -2.42. The first-order chi connectivity index (χ1) is 8.45. The van der Waals surface area contributed by atoms with Gasteiger partial charge in [0.1, 0.15) is 0 Å². The van der Waals surface area contributed by atoms with Crippen molar-refractivity contribution in [3.8, 4) is 0 Å². The van der Waals surface area contributed by atoms with E-state index in [2.05, 4.69) is 5.32 Å². The average molecular weight is 265 g/mol. The van der Waals surface area contributed by atoms with E-state index in [-0.39, 0.29) is 24.5 Å². The third-order valence-electron chi connectivity index (χ3n) is 4.55. The van der Waals surface area contributed by atoms with Crippen molar-refractivity contribution in [2.75, 3.05) is 13.7 Å². The maximum atomic E-state index is 12.7. The highest BCUT2D eigenvalue weighted by atomic mass is 19.4. The molecule has 0 aromatic carbocycles. The molecule has 2 saturated carbocycles. The van der Waals surface area contributed by atoms with E-state index in [4.69, 9.17) is 4.74 Å². The number of alkyl halides is 3. The van der Waals surface area contributed by atoms with E-state index in [1.54, 1.807) is 7.11 Å². The molecule has 0 bridgehead atoms. The molecule has 2 atom stereocenters. The molecule has 2 rings (SSSR count). The summed E-state index contributed by atoms with van der Waals surface area (Å²) in [5.41, 5.74) is -0.106. The Labute approximate surface area is 106 Å². The van der Waals surface area contributed by atoms with Gasteiger partial charge in [0.25, 0.3) is 0 Å². The number of methoxy groups -OCH3 is 1. The second-order valence-electron chi connectivity index (χ2n) is 5.72. The van der Waals surface area contributed by atoms with Crippen LogP contribution in [0.15, 0.2) is 0 Å². The standard InChI is InChI=1S/C13H22F3NO/c1-18-12(6-3-7-12)9-17-11-5-2-4-10(8-11)13(14,15)16/h10-11,17H,2-9H2,1H3/t10-,11-/m1/s1. The molecule has 2 aliphatic rings. The molecule has 0 aromatic rings. The van der Waals surface area contributed by atoms with Gasteiger partial charge in [-0.15, -0.1) is 0 Å². The van der Waals surface area contributed by atoms with Crippen molar-refractivity contribution >= 4 is 0 Å². The van der Waals surface area contributed by atoms with E-state index in [0.29, 0.717) is 13.0 Å². The molecular formula is C13H22F3NO. The zero-order valence-electron chi connectivity index (χ0n) is 10.9. The number of rotatable bonds is 4. The van der Waals surface area contributed by atoms with E-state index < -0.39 is 12.1 Å². The maximum absolute atomic E-state index is 12.7. The van der Waals surface area contributed by atoms with Gasteiger partial charge in [0.05, 0.1) is 11.5 Å². The van der Waals surface area contributed by atoms with Gasteiger partial charge in [-0.25, -0.2) is 0 Å². The van der Waals surface area contributed by atoms with Crippen molar-refractivity contribution in [2.45, 2.75) is 62.8 Å². The molecule has 2 nitrogen and oxygen atoms in total. The predicted molar refractivity (Wildman–Crippen MR) is 63.4 cm³/mol. The Balaban J connectivity index is 1.79. The number of hydrogen-bond donors (Lipinski definition) is 1. The topological polar surface area (TPSA) is 21.3 Å². The van der Waals surface area contributed by atoms with Gasteiger partial charge < -0.3 is 10.1 Å². The molecule has 0 amide bonds. The van der Waals surface area contributed by atoms with Crippen LogP contribution in [0.1, 0.15) is 44.9 Å². The van der Waals surface area contributed by atoms with Gasteiger partial charge in [0.15, 0.2) is 0 Å². The van der Waals surface area contributed by atoms with Crippen LogP contribution >= 0.6 is 0 Å². The van der Waals surface area contributed by atoms with Crippen LogP contribution in [0.3, 0.4) is 0 Å². The van der Waals surface area contributed by atoms with E-state index >= 15 is 0 Å². The second kappa shape index (κ2) is 5.37. The predicted octanol–water partition coefficient (Wildman–Crippen LogP) is 3.27. The summed E-state index contributed by atoms with van der Waals surface area (Å²) in [6, 6.07) is -0.00185. The molecule has 0 unspecified atom stereocenters. The number of halogens is 3. The lowest BCUT2D eigenvalue weighted by molar-refractivity contribution is -0.184. The molecule has 5 heteroatoms. The fourth-order valence-electron chi connectivity index (χ4n) is 3.03. The summed E-state index contributed by atoms with van der Waals surface area (Å²) in [4.78, 5) is 0. The summed E-state index contributed by atoms with van der Waals surface area (Å²) in [5.74, 6) is -1.12. The van der Waals surface area contributed by atoms with Gasteiger partial charge in [0.2, 0.25) is 0 Å². The largest absolute Gasteiger partial charge is 0.391 e. The number of hydrogen-bond acceptors (Lipinski definition) is 2. The average Bonchev–Trinajstić information content (AvgIpc) is 2.27. The van der Waals surface area contributed by atoms with Gasteiger partial charge in [-0.2, -0.15) is 13.2 Å². The van der Waals surface area contributed by atoms with E-state index in [0.717, 1.165) is 25.7 Å². The van der Waals surface area contributed by atoms with E-state index in [9.17, 15) is 13.2 Å². The van der Waals surface area contributed by atoms with E-state index in [1.807, 2.05) is 0 Å². The number of ether oxygens (including phenoxy) is 1. The molecular weight excluding hydrogens is 243 g/mol. The minimum atomic E-state index is -4.03. The Kier molecular flexibility index (Phi) is 4.22. The lowest BCUT2D eigenvalue weighted by Crippen LogP contribution is -2.51. The molecule has 0 spiro atoms. The summed E-state index contributed by atoms with van der Waals surface area (Å²) in [6.45, 7) is 0.693. The first-order valence-corrected chi connectivity index (χ1v) is 6.80. The SMILES string of the molecule is COC1(CN[C@@H]2CCC[C@@H](C(F)(F)F)C2)CCC1. The highest BCUT2D eigenvalue weighted by molar-refractivity contribution is 4.93. The zero-order chi connectivity index (χ0) is 13.2. The Morgan fingerprint density at radius 3 is 2.44 bits per heavy atom. The van der Waals surface area contributed by atoms with Gasteiger partial charge in [-0.05, 0) is 38.5 Å². The van der Waals surface area contributed by atoms with Gasteiger partial charge in [0, 0.05) is 19.7 Å². The normalized spacial score (nSPS) is 32.0. The third-order valence-corrected chi connectivity index (χ3v) is 4.55. The maximum Gasteiger partial charge on any atom is 0.391 e. The molecule has 18 heavy (non-hydrogen) atoms. The van der Waals surface area contributed by atoms with Crippen molar-refractivity contribution in [3.63, 3.8) is 0 Å². The minimum absolute atomic E-state index is 0.00185. The molecule has 2 fully saturated rings. The lowest BCUT2D eigenvalue weighted by atomic mass is 9.79. The van der Waals surface area contributed by atoms with Gasteiger partial charge >= 0.3 is 6.18 Å². The van der Waals surface area contributed by atoms with Crippen LogP contribution < -0.4 is 5.32 Å². The van der Waals surface area contributed by atoms with Crippen molar-refractivity contribution in [2.24, 2.45) is 5.92 Å². The summed E-state index contributed by atoms with van der Waals surface area (Å²) >= 11 is 0. The number of nitrogens with one attached hydrogen (secondary N) is 1. The van der Waals surface area contributed by atoms with Crippen LogP contribution in [0.4, 0.5) is 13.2 Å². The molecule has 106 valence electrons. The first-order valence-electron chi connectivity index (χ1n) is 6.80. The quantitative estimate of drug-likeness (QED) is 0.842. The highest BCUT2D eigenvalue weighted by Gasteiger charge is 2.43. The minimum Gasteiger partial charge on any atom is -0.377 e. The Bertz CT molecular complexity index is 270. The van der Waals surface area contributed by atoms with Crippen LogP contribution in [-0.2, 0) is 4.74 Å². The Hall–Kier alpha value is -0.290. The van der Waals surface area contributed by atoms with Crippen molar-refractivity contribution in [1.82, 2.24) is 5.32 Å². The fraction of sp³-hybridized carbons (Fsp3) is 1.00. The van der Waals surface area contributed by atoms with Crippen LogP contribution in [-0.4, -0.2) is 31.5 Å². The molecule has 2 aliphatic carbocycles. The monoisotopic (exact) mass is 265 g/mol. The third kappa shape index (κ3) is 3.18. The van der Waals surface area contributed by atoms with Crippen LogP contribution in [0.5, 0.6) is 0 Å². The Morgan fingerprint density at radius 2 is 1.94 bits per heavy atom. The van der Waals surface area contributed by atoms with Crippen molar-refractivity contribution in [1.29, 1.82) is 0 Å². The van der Waals surface area contributed by atoms with E-state index in [1.165, 1.54) is 0 Å². The Morgan fingerprint density at radius 1 is 1.22 bits per heavy atom. The van der Waals surface area contributed by atoms with Crippen molar-refractivity contribution < 1.29 is 17.9 Å². The van der Waals surface area contributed by atoms with Crippen LogP contribution in [0, 0.1) is 5.92 Å². The smallest absolute Gasteiger partial charge is 0.377 e. The van der Waals surface area contributed by atoms with Crippen LogP contribution in [0.2, 0.25) is 0 Å². The summed E-state index contributed by atoms with van der Waals surface area (Å²) in [5, 5.41) is 3.29. The second-order valence-corrected chi connectivity index (χ2v) is 5.72. The zero-order valence-corrected chi connectivity index (χ0v) is 10.9. The molecule has 0 aliphatic heterocycles. The molecule has 0 saturated heterocycles. The first kappa shape index (κ1) is 14.1. The van der Waals surface area contributed by atoms with Crippen LogP contribution in [0.25, 0.3) is 0 Å². The summed E-state index contributed by atoms with van der Waals surface area (Å²) < 4.78 is 43.5. The fourth-order valence-corrected chi connectivity index (χ4v) is 3.03. The van der Waals surface area contributed by atoms with Gasteiger partial charge in [-0.3, -0.25) is 0 Å². The van der Waals surface area contributed by atoms with Gasteiger partial charge in [-0.1, -0.05) is 6.42 Å². The molecule has 1 N–H and O–H groups in total. The highest BCUT2D eigenvalue weighted by Crippen LogP contribution is 2.38. The summed E-state index contributed by atoms with van der Waals surface area (Å²) in [6.07, 6.45) is 1.20. The molecule has 0 radical (unpaired) electrons. The summed E-state index contributed by atoms with van der Waals surface area (Å²) in [7, 11) is 1.69. The van der Waals surface area contributed by atoms with Crippen molar-refractivity contribution in [3.05, 3.63) is 0 Å². The molecule has 0 heterocycles.